The van der Waals surface area contributed by atoms with Crippen molar-refractivity contribution in [3.63, 3.8) is 0 Å². The maximum Gasteiger partial charge on any atom is 0.241 e. The lowest BCUT2D eigenvalue weighted by atomic mass is 9.99. The van der Waals surface area contributed by atoms with Crippen molar-refractivity contribution in [2.75, 3.05) is 5.32 Å². The summed E-state index contributed by atoms with van der Waals surface area (Å²) < 4.78 is 5.68. The quantitative estimate of drug-likeness (QED) is 0.801. The SMILES string of the molecule is CCC(C)C(N)C(=O)Nc1ccc(OCc2cccnc2)c(Cl)c1. The van der Waals surface area contributed by atoms with Gasteiger partial charge >= 0.3 is 0 Å². The molecule has 5 nitrogen and oxygen atoms in total. The van der Waals surface area contributed by atoms with Crippen LogP contribution in [0.4, 0.5) is 5.69 Å². The highest BCUT2D eigenvalue weighted by molar-refractivity contribution is 6.32. The largest absolute Gasteiger partial charge is 0.487 e. The van der Waals surface area contributed by atoms with Crippen LogP contribution < -0.4 is 15.8 Å². The van der Waals surface area contributed by atoms with Gasteiger partial charge in [-0.05, 0) is 30.2 Å². The van der Waals surface area contributed by atoms with E-state index in [9.17, 15) is 4.79 Å². The maximum atomic E-state index is 12.1. The Morgan fingerprint density at radius 3 is 2.83 bits per heavy atom. The van der Waals surface area contributed by atoms with Gasteiger partial charge in [-0.1, -0.05) is 37.9 Å². The molecule has 1 aromatic carbocycles. The molecule has 0 aliphatic rings. The molecule has 2 unspecified atom stereocenters. The summed E-state index contributed by atoms with van der Waals surface area (Å²) in [5.41, 5.74) is 7.47. The van der Waals surface area contributed by atoms with Gasteiger partial charge in [-0.2, -0.15) is 0 Å². The zero-order valence-corrected chi connectivity index (χ0v) is 14.6. The molecule has 1 heterocycles. The number of hydrogen-bond donors (Lipinski definition) is 2. The van der Waals surface area contributed by atoms with Gasteiger partial charge in [-0.3, -0.25) is 9.78 Å². The zero-order valence-electron chi connectivity index (χ0n) is 13.8. The third kappa shape index (κ3) is 4.94. The number of aromatic nitrogens is 1. The topological polar surface area (TPSA) is 77.2 Å². The van der Waals surface area contributed by atoms with E-state index in [4.69, 9.17) is 22.1 Å². The van der Waals surface area contributed by atoms with Crippen molar-refractivity contribution >= 4 is 23.2 Å². The second kappa shape index (κ2) is 8.66. The third-order valence-electron chi connectivity index (χ3n) is 3.88. The van der Waals surface area contributed by atoms with E-state index < -0.39 is 6.04 Å². The van der Waals surface area contributed by atoms with Gasteiger partial charge in [0.2, 0.25) is 5.91 Å². The number of amides is 1. The molecule has 0 saturated carbocycles. The Labute approximate surface area is 147 Å². The van der Waals surface area contributed by atoms with Gasteiger partial charge in [-0.25, -0.2) is 0 Å². The Hall–Kier alpha value is -2.11. The lowest BCUT2D eigenvalue weighted by Gasteiger charge is -2.18. The molecule has 0 saturated heterocycles. The van der Waals surface area contributed by atoms with E-state index in [1.165, 1.54) is 0 Å². The van der Waals surface area contributed by atoms with Crippen LogP contribution in [0.25, 0.3) is 0 Å². The summed E-state index contributed by atoms with van der Waals surface area (Å²) in [6.07, 6.45) is 4.29. The Balaban J connectivity index is 1.98. The number of carbonyl (C=O) groups excluding carboxylic acids is 1. The van der Waals surface area contributed by atoms with Gasteiger partial charge in [0.05, 0.1) is 11.1 Å². The summed E-state index contributed by atoms with van der Waals surface area (Å²) >= 11 is 6.23. The van der Waals surface area contributed by atoms with Crippen molar-refractivity contribution in [2.45, 2.75) is 32.9 Å². The number of halogens is 1. The van der Waals surface area contributed by atoms with Gasteiger partial charge < -0.3 is 15.8 Å². The standard InChI is InChI=1S/C18H22ClN3O2/c1-3-12(2)17(20)18(23)22-14-6-7-16(15(19)9-14)24-11-13-5-4-8-21-10-13/h4-10,12,17H,3,11,20H2,1-2H3,(H,22,23). The predicted octanol–water partition coefficient (Wildman–Crippen LogP) is 3.63. The summed E-state index contributed by atoms with van der Waals surface area (Å²) in [4.78, 5) is 16.1. The minimum Gasteiger partial charge on any atom is -0.487 e. The van der Waals surface area contributed by atoms with Crippen LogP contribution in [0.5, 0.6) is 5.75 Å². The molecule has 3 N–H and O–H groups in total. The third-order valence-corrected chi connectivity index (χ3v) is 4.17. The molecule has 0 aliphatic carbocycles. The molecule has 0 fully saturated rings. The second-order valence-corrected chi connectivity index (χ2v) is 6.10. The lowest BCUT2D eigenvalue weighted by Crippen LogP contribution is -2.40. The van der Waals surface area contributed by atoms with Gasteiger partial charge in [-0.15, -0.1) is 0 Å². The average Bonchev–Trinajstić information content (AvgIpc) is 2.60. The number of anilines is 1. The first-order valence-electron chi connectivity index (χ1n) is 7.89. The number of hydrogen-bond acceptors (Lipinski definition) is 4. The molecule has 0 radical (unpaired) electrons. The lowest BCUT2D eigenvalue weighted by molar-refractivity contribution is -0.118. The van der Waals surface area contributed by atoms with Crippen LogP contribution in [0.3, 0.4) is 0 Å². The minimum absolute atomic E-state index is 0.113. The van der Waals surface area contributed by atoms with E-state index in [1.54, 1.807) is 30.6 Å². The second-order valence-electron chi connectivity index (χ2n) is 5.70. The first kappa shape index (κ1) is 18.2. The molecule has 6 heteroatoms. The molecule has 1 aromatic heterocycles. The number of nitrogens with zero attached hydrogens (tertiary/aromatic N) is 1. The molecular formula is C18H22ClN3O2. The highest BCUT2D eigenvalue weighted by Crippen LogP contribution is 2.28. The van der Waals surface area contributed by atoms with Crippen LogP contribution in [0.1, 0.15) is 25.8 Å². The summed E-state index contributed by atoms with van der Waals surface area (Å²) in [6.45, 7) is 4.33. The fourth-order valence-corrected chi connectivity index (χ4v) is 2.31. The summed E-state index contributed by atoms with van der Waals surface area (Å²) in [7, 11) is 0. The summed E-state index contributed by atoms with van der Waals surface area (Å²) in [5, 5.41) is 3.21. The molecule has 2 aromatic rings. The molecule has 24 heavy (non-hydrogen) atoms. The van der Waals surface area contributed by atoms with Crippen molar-refractivity contribution in [3.05, 3.63) is 53.3 Å². The van der Waals surface area contributed by atoms with Crippen LogP contribution >= 0.6 is 11.6 Å². The summed E-state index contributed by atoms with van der Waals surface area (Å²) in [6, 6.07) is 8.34. The van der Waals surface area contributed by atoms with Gasteiger partial charge in [0, 0.05) is 23.6 Å². The Kier molecular flexibility index (Phi) is 6.58. The fraction of sp³-hybridized carbons (Fsp3) is 0.333. The number of ether oxygens (including phenoxy) is 1. The Morgan fingerprint density at radius 1 is 1.42 bits per heavy atom. The average molecular weight is 348 g/mol. The van der Waals surface area contributed by atoms with Crippen molar-refractivity contribution in [2.24, 2.45) is 11.7 Å². The van der Waals surface area contributed by atoms with Crippen LogP contribution in [0, 0.1) is 5.92 Å². The van der Waals surface area contributed by atoms with Crippen LogP contribution in [-0.4, -0.2) is 16.9 Å². The molecule has 128 valence electrons. The predicted molar refractivity (Wildman–Crippen MR) is 96.1 cm³/mol. The van der Waals surface area contributed by atoms with E-state index in [-0.39, 0.29) is 11.8 Å². The van der Waals surface area contributed by atoms with Crippen LogP contribution in [0.15, 0.2) is 42.7 Å². The van der Waals surface area contributed by atoms with Gasteiger partial charge in [0.25, 0.3) is 0 Å². The molecule has 0 bridgehead atoms. The van der Waals surface area contributed by atoms with Gasteiger partial charge in [0.15, 0.2) is 0 Å². The Morgan fingerprint density at radius 2 is 2.21 bits per heavy atom. The number of nitrogens with one attached hydrogen (secondary N) is 1. The summed E-state index contributed by atoms with van der Waals surface area (Å²) in [5.74, 6) is 0.441. The van der Waals surface area contributed by atoms with Crippen molar-refractivity contribution < 1.29 is 9.53 Å². The maximum absolute atomic E-state index is 12.1. The van der Waals surface area contributed by atoms with E-state index in [1.807, 2.05) is 26.0 Å². The molecular weight excluding hydrogens is 326 g/mol. The van der Waals surface area contributed by atoms with Crippen LogP contribution in [-0.2, 0) is 11.4 Å². The highest BCUT2D eigenvalue weighted by atomic mass is 35.5. The Bertz CT molecular complexity index is 679. The fourth-order valence-electron chi connectivity index (χ4n) is 2.08. The molecule has 0 aliphatic heterocycles. The number of nitrogens with two attached hydrogens (primary N) is 1. The molecule has 2 atom stereocenters. The number of benzene rings is 1. The van der Waals surface area contributed by atoms with E-state index in [0.717, 1.165) is 12.0 Å². The van der Waals surface area contributed by atoms with Crippen molar-refractivity contribution in [3.8, 4) is 5.75 Å². The monoisotopic (exact) mass is 347 g/mol. The molecule has 1 amide bonds. The van der Waals surface area contributed by atoms with E-state index in [2.05, 4.69) is 10.3 Å². The highest BCUT2D eigenvalue weighted by Gasteiger charge is 2.19. The van der Waals surface area contributed by atoms with Crippen LogP contribution in [0.2, 0.25) is 5.02 Å². The zero-order chi connectivity index (χ0) is 17.5. The molecule has 0 spiro atoms. The first-order chi connectivity index (χ1) is 11.5. The number of pyridine rings is 1. The van der Waals surface area contributed by atoms with Crippen molar-refractivity contribution in [1.82, 2.24) is 4.98 Å². The van der Waals surface area contributed by atoms with Gasteiger partial charge in [0.1, 0.15) is 12.4 Å². The molecule has 2 rings (SSSR count). The van der Waals surface area contributed by atoms with Crippen molar-refractivity contribution in [1.29, 1.82) is 0 Å². The normalized spacial score (nSPS) is 13.2. The first-order valence-corrected chi connectivity index (χ1v) is 8.26. The van der Waals surface area contributed by atoms with E-state index in [0.29, 0.717) is 23.1 Å². The smallest absolute Gasteiger partial charge is 0.241 e. The minimum atomic E-state index is -0.546. The number of carbonyl (C=O) groups is 1. The van der Waals surface area contributed by atoms with E-state index >= 15 is 0 Å². The number of rotatable bonds is 7.